The third kappa shape index (κ3) is 5.04. The van der Waals surface area contributed by atoms with Crippen LogP contribution in [-0.4, -0.2) is 46.3 Å². The average Bonchev–Trinajstić information content (AvgIpc) is 3.08. The Hall–Kier alpha value is -0.990. The molecule has 1 saturated carbocycles. The number of benzene rings is 1. The second kappa shape index (κ2) is 8.80. The molecule has 1 aromatic rings. The molecule has 0 bridgehead atoms. The van der Waals surface area contributed by atoms with Gasteiger partial charge in [-0.2, -0.15) is 0 Å². The number of ether oxygens (including phenoxy) is 1. The summed E-state index contributed by atoms with van der Waals surface area (Å²) in [5.41, 5.74) is 0.995. The maximum absolute atomic E-state index is 12.4. The minimum Gasteiger partial charge on any atom is -0.379 e. The van der Waals surface area contributed by atoms with Gasteiger partial charge in [0.2, 0.25) is 10.0 Å². The van der Waals surface area contributed by atoms with Crippen LogP contribution in [0.2, 0.25) is 0 Å². The molecule has 1 aromatic carbocycles. The number of hydrogen-bond donors (Lipinski definition) is 3. The van der Waals surface area contributed by atoms with Gasteiger partial charge in [-0.15, -0.1) is 0 Å². The van der Waals surface area contributed by atoms with Crippen molar-refractivity contribution in [3.8, 4) is 0 Å². The highest BCUT2D eigenvalue weighted by Crippen LogP contribution is 2.29. The Balaban J connectivity index is 1.61. The second-order valence-electron chi connectivity index (χ2n) is 7.64. The fourth-order valence-corrected chi connectivity index (χ4v) is 5.36. The van der Waals surface area contributed by atoms with Crippen LogP contribution < -0.4 is 15.4 Å². The molecule has 1 aliphatic carbocycles. The summed E-state index contributed by atoms with van der Waals surface area (Å²) in [6.45, 7) is 6.85. The second-order valence-corrected chi connectivity index (χ2v) is 9.36. The Morgan fingerprint density at radius 2 is 2.15 bits per heavy atom. The Bertz CT molecular complexity index is 687. The van der Waals surface area contributed by atoms with Crippen molar-refractivity contribution in [3.05, 3.63) is 29.8 Å². The van der Waals surface area contributed by atoms with E-state index in [0.717, 1.165) is 31.7 Å². The maximum atomic E-state index is 12.4. The Morgan fingerprint density at radius 1 is 1.31 bits per heavy atom. The Kier molecular flexibility index (Phi) is 6.69. The molecule has 3 atom stereocenters. The van der Waals surface area contributed by atoms with Crippen molar-refractivity contribution in [2.24, 2.45) is 5.92 Å². The molecule has 2 fully saturated rings. The van der Waals surface area contributed by atoms with Gasteiger partial charge in [0.05, 0.1) is 18.1 Å². The molecule has 3 rings (SSSR count). The van der Waals surface area contributed by atoms with E-state index >= 15 is 0 Å². The molecule has 0 aromatic heterocycles. The molecule has 1 heterocycles. The van der Waals surface area contributed by atoms with Crippen LogP contribution in [0, 0.1) is 5.92 Å². The predicted molar refractivity (Wildman–Crippen MR) is 102 cm³/mol. The number of nitrogens with one attached hydrogen (secondary N) is 3. The lowest BCUT2D eigenvalue weighted by Crippen LogP contribution is -2.50. The molecule has 2 aliphatic rings. The van der Waals surface area contributed by atoms with Gasteiger partial charge in [-0.05, 0) is 50.3 Å². The van der Waals surface area contributed by atoms with E-state index in [9.17, 15) is 8.42 Å². The van der Waals surface area contributed by atoms with Gasteiger partial charge in [-0.3, -0.25) is 0 Å². The standard InChI is InChI=1S/C19H31N3O3S/c1-14(2)22-26(23,24)16-6-3-5-15(11-16)12-21-18-8-4-7-17(18)19-13-25-10-9-20-19/h3,5-6,11,14,17-22H,4,7-10,12-13H2,1-2H3. The number of rotatable bonds is 7. The van der Waals surface area contributed by atoms with Crippen LogP contribution in [-0.2, 0) is 21.3 Å². The zero-order valence-corrected chi connectivity index (χ0v) is 16.5. The van der Waals surface area contributed by atoms with Crippen LogP contribution in [0.4, 0.5) is 0 Å². The van der Waals surface area contributed by atoms with E-state index in [1.807, 2.05) is 26.0 Å². The smallest absolute Gasteiger partial charge is 0.240 e. The van der Waals surface area contributed by atoms with Gasteiger partial charge in [0.1, 0.15) is 0 Å². The minimum atomic E-state index is -3.45. The van der Waals surface area contributed by atoms with Crippen molar-refractivity contribution in [2.75, 3.05) is 19.8 Å². The molecule has 0 radical (unpaired) electrons. The normalized spacial score (nSPS) is 27.1. The Labute approximate surface area is 157 Å². The van der Waals surface area contributed by atoms with Gasteiger partial charge in [0.15, 0.2) is 0 Å². The average molecular weight is 382 g/mol. The first-order valence-electron chi connectivity index (χ1n) is 9.61. The van der Waals surface area contributed by atoms with Gasteiger partial charge in [-0.1, -0.05) is 18.6 Å². The molecular weight excluding hydrogens is 350 g/mol. The molecule has 1 aliphatic heterocycles. The zero-order valence-electron chi connectivity index (χ0n) is 15.7. The summed E-state index contributed by atoms with van der Waals surface area (Å²) in [6.07, 6.45) is 3.61. The van der Waals surface area contributed by atoms with Crippen LogP contribution in [0.15, 0.2) is 29.2 Å². The lowest BCUT2D eigenvalue weighted by atomic mass is 9.94. The molecule has 26 heavy (non-hydrogen) atoms. The van der Waals surface area contributed by atoms with Gasteiger partial charge in [-0.25, -0.2) is 13.1 Å². The molecule has 6 nitrogen and oxygen atoms in total. The predicted octanol–water partition coefficient (Wildman–Crippen LogP) is 1.62. The lowest BCUT2D eigenvalue weighted by Gasteiger charge is -2.33. The van der Waals surface area contributed by atoms with Crippen molar-refractivity contribution in [2.45, 2.75) is 62.7 Å². The van der Waals surface area contributed by atoms with Crippen molar-refractivity contribution >= 4 is 10.0 Å². The van der Waals surface area contributed by atoms with Gasteiger partial charge >= 0.3 is 0 Å². The van der Waals surface area contributed by atoms with Crippen molar-refractivity contribution in [1.29, 1.82) is 0 Å². The van der Waals surface area contributed by atoms with Crippen LogP contribution in [0.1, 0.15) is 38.7 Å². The lowest BCUT2D eigenvalue weighted by molar-refractivity contribution is 0.0524. The summed E-state index contributed by atoms with van der Waals surface area (Å²) < 4.78 is 33.0. The molecule has 3 unspecified atom stereocenters. The fraction of sp³-hybridized carbons (Fsp3) is 0.684. The van der Waals surface area contributed by atoms with E-state index < -0.39 is 10.0 Å². The molecule has 146 valence electrons. The molecule has 3 N–H and O–H groups in total. The van der Waals surface area contributed by atoms with Crippen LogP contribution in [0.25, 0.3) is 0 Å². The van der Waals surface area contributed by atoms with Crippen LogP contribution in [0.3, 0.4) is 0 Å². The van der Waals surface area contributed by atoms with Crippen molar-refractivity contribution in [1.82, 2.24) is 15.4 Å². The topological polar surface area (TPSA) is 79.5 Å². The van der Waals surface area contributed by atoms with Crippen molar-refractivity contribution < 1.29 is 13.2 Å². The molecular formula is C19H31N3O3S. The van der Waals surface area contributed by atoms with Gasteiger partial charge in [0, 0.05) is 31.2 Å². The monoisotopic (exact) mass is 381 g/mol. The van der Waals surface area contributed by atoms with E-state index in [4.69, 9.17) is 4.74 Å². The third-order valence-corrected chi connectivity index (χ3v) is 6.86. The number of morpholine rings is 1. The fourth-order valence-electron chi connectivity index (χ4n) is 4.03. The third-order valence-electron chi connectivity index (χ3n) is 5.20. The summed E-state index contributed by atoms with van der Waals surface area (Å²) in [6, 6.07) is 7.96. The van der Waals surface area contributed by atoms with Crippen LogP contribution >= 0.6 is 0 Å². The highest BCUT2D eigenvalue weighted by atomic mass is 32.2. The summed E-state index contributed by atoms with van der Waals surface area (Å²) in [5.74, 6) is 0.574. The molecule has 0 amide bonds. The van der Waals surface area contributed by atoms with E-state index in [-0.39, 0.29) is 6.04 Å². The minimum absolute atomic E-state index is 0.119. The summed E-state index contributed by atoms with van der Waals surface area (Å²) in [5, 5.41) is 7.24. The molecule has 0 spiro atoms. The highest BCUT2D eigenvalue weighted by molar-refractivity contribution is 7.89. The largest absolute Gasteiger partial charge is 0.379 e. The van der Waals surface area contributed by atoms with Gasteiger partial charge < -0.3 is 15.4 Å². The van der Waals surface area contributed by atoms with E-state index in [0.29, 0.717) is 29.4 Å². The van der Waals surface area contributed by atoms with Crippen LogP contribution in [0.5, 0.6) is 0 Å². The maximum Gasteiger partial charge on any atom is 0.240 e. The van der Waals surface area contributed by atoms with E-state index in [1.54, 1.807) is 12.1 Å². The summed E-state index contributed by atoms with van der Waals surface area (Å²) >= 11 is 0. The quantitative estimate of drug-likeness (QED) is 0.669. The first kappa shape index (κ1) is 19.8. The first-order valence-corrected chi connectivity index (χ1v) is 11.1. The van der Waals surface area contributed by atoms with E-state index in [1.165, 1.54) is 12.8 Å². The SMILES string of the molecule is CC(C)NS(=O)(=O)c1cccc(CNC2CCCC2C2COCCN2)c1. The summed E-state index contributed by atoms with van der Waals surface area (Å²) in [4.78, 5) is 0.329. The van der Waals surface area contributed by atoms with E-state index in [2.05, 4.69) is 15.4 Å². The van der Waals surface area contributed by atoms with Gasteiger partial charge in [0.25, 0.3) is 0 Å². The highest BCUT2D eigenvalue weighted by Gasteiger charge is 2.34. The number of sulfonamides is 1. The zero-order chi connectivity index (χ0) is 18.6. The molecule has 1 saturated heterocycles. The Morgan fingerprint density at radius 3 is 2.88 bits per heavy atom. The summed E-state index contributed by atoms with van der Waals surface area (Å²) in [7, 11) is -3.45. The number of hydrogen-bond acceptors (Lipinski definition) is 5. The van der Waals surface area contributed by atoms with Crippen molar-refractivity contribution in [3.63, 3.8) is 0 Å². The first-order chi connectivity index (χ1) is 12.5. The molecule has 7 heteroatoms.